The van der Waals surface area contributed by atoms with Gasteiger partial charge < -0.3 is 15.1 Å². The summed E-state index contributed by atoms with van der Waals surface area (Å²) in [5.41, 5.74) is 0.842. The summed E-state index contributed by atoms with van der Waals surface area (Å²) in [6.45, 7) is 5.91. The van der Waals surface area contributed by atoms with Crippen LogP contribution in [0.15, 0.2) is 30.3 Å². The average molecular weight is 371 g/mol. The number of hydrogen-bond acceptors (Lipinski definition) is 3. The van der Waals surface area contributed by atoms with Crippen molar-refractivity contribution in [1.82, 2.24) is 10.2 Å². The second-order valence-corrected chi connectivity index (χ2v) is 8.00. The SMILES string of the molecule is CC(C)CC(=O)N1CCC(NC(=O)[C@H]2CC(=O)N(c3ccccc3)C2)CC1. The quantitative estimate of drug-likeness (QED) is 0.863. The Morgan fingerprint density at radius 1 is 1.15 bits per heavy atom. The fourth-order valence-corrected chi connectivity index (χ4v) is 3.81. The van der Waals surface area contributed by atoms with Gasteiger partial charge >= 0.3 is 0 Å². The minimum absolute atomic E-state index is 0.00421. The molecule has 27 heavy (non-hydrogen) atoms. The number of benzene rings is 1. The molecule has 1 N–H and O–H groups in total. The van der Waals surface area contributed by atoms with Crippen molar-refractivity contribution in [3.63, 3.8) is 0 Å². The highest BCUT2D eigenvalue weighted by Crippen LogP contribution is 2.25. The number of amides is 3. The standard InChI is InChI=1S/C21H29N3O3/c1-15(2)12-19(25)23-10-8-17(9-11-23)22-21(27)16-13-20(26)24(14-16)18-6-4-3-5-7-18/h3-7,15-17H,8-14H2,1-2H3,(H,22,27)/t16-/m0/s1. The zero-order chi connectivity index (χ0) is 19.4. The van der Waals surface area contributed by atoms with Crippen molar-refractivity contribution in [3.8, 4) is 0 Å². The molecule has 6 nitrogen and oxygen atoms in total. The maximum Gasteiger partial charge on any atom is 0.227 e. The van der Waals surface area contributed by atoms with Gasteiger partial charge in [-0.1, -0.05) is 32.0 Å². The van der Waals surface area contributed by atoms with Gasteiger partial charge in [0.05, 0.1) is 5.92 Å². The highest BCUT2D eigenvalue weighted by molar-refractivity contribution is 6.00. The molecule has 6 heteroatoms. The van der Waals surface area contributed by atoms with Gasteiger partial charge in [-0.25, -0.2) is 0 Å². The number of anilines is 1. The summed E-state index contributed by atoms with van der Waals surface area (Å²) < 4.78 is 0. The molecule has 0 aliphatic carbocycles. The van der Waals surface area contributed by atoms with Gasteiger partial charge in [0.1, 0.15) is 0 Å². The second kappa shape index (κ2) is 8.55. The number of nitrogens with zero attached hydrogens (tertiary/aromatic N) is 2. The van der Waals surface area contributed by atoms with Crippen LogP contribution in [0.2, 0.25) is 0 Å². The molecule has 2 aliphatic rings. The number of rotatable bonds is 5. The summed E-state index contributed by atoms with van der Waals surface area (Å²) in [7, 11) is 0. The highest BCUT2D eigenvalue weighted by Gasteiger charge is 2.36. The summed E-state index contributed by atoms with van der Waals surface area (Å²) in [5.74, 6) is 0.208. The van der Waals surface area contributed by atoms with E-state index in [1.54, 1.807) is 4.90 Å². The first-order valence-corrected chi connectivity index (χ1v) is 9.87. The van der Waals surface area contributed by atoms with E-state index in [1.165, 1.54) is 0 Å². The van der Waals surface area contributed by atoms with Crippen LogP contribution in [0.5, 0.6) is 0 Å². The van der Waals surface area contributed by atoms with Gasteiger partial charge in [-0.3, -0.25) is 14.4 Å². The smallest absolute Gasteiger partial charge is 0.227 e. The molecule has 2 aliphatic heterocycles. The van der Waals surface area contributed by atoms with Gasteiger partial charge in [0.15, 0.2) is 0 Å². The Hall–Kier alpha value is -2.37. The lowest BCUT2D eigenvalue weighted by Gasteiger charge is -2.33. The van der Waals surface area contributed by atoms with Crippen molar-refractivity contribution in [3.05, 3.63) is 30.3 Å². The van der Waals surface area contributed by atoms with E-state index in [0.717, 1.165) is 18.5 Å². The van der Waals surface area contributed by atoms with Crippen molar-refractivity contribution in [2.45, 2.75) is 45.6 Å². The van der Waals surface area contributed by atoms with Crippen LogP contribution in [0.4, 0.5) is 5.69 Å². The van der Waals surface area contributed by atoms with Gasteiger partial charge in [-0.15, -0.1) is 0 Å². The molecule has 3 amide bonds. The minimum atomic E-state index is -0.307. The molecule has 1 atom stereocenters. The summed E-state index contributed by atoms with van der Waals surface area (Å²) >= 11 is 0. The van der Waals surface area contributed by atoms with E-state index in [4.69, 9.17) is 0 Å². The van der Waals surface area contributed by atoms with Crippen LogP contribution in [0.25, 0.3) is 0 Å². The monoisotopic (exact) mass is 371 g/mol. The molecule has 0 unspecified atom stereocenters. The fraction of sp³-hybridized carbons (Fsp3) is 0.571. The Kier molecular flexibility index (Phi) is 6.14. The van der Waals surface area contributed by atoms with Gasteiger partial charge in [0.25, 0.3) is 0 Å². The van der Waals surface area contributed by atoms with Gasteiger partial charge in [-0.05, 0) is 30.9 Å². The average Bonchev–Trinajstić information content (AvgIpc) is 3.04. The largest absolute Gasteiger partial charge is 0.353 e. The van der Waals surface area contributed by atoms with E-state index in [0.29, 0.717) is 32.0 Å². The van der Waals surface area contributed by atoms with Gasteiger partial charge in [0.2, 0.25) is 17.7 Å². The van der Waals surface area contributed by atoms with Crippen molar-refractivity contribution < 1.29 is 14.4 Å². The van der Waals surface area contributed by atoms with E-state index in [2.05, 4.69) is 5.32 Å². The van der Waals surface area contributed by atoms with Crippen molar-refractivity contribution in [1.29, 1.82) is 0 Å². The molecular weight excluding hydrogens is 342 g/mol. The molecule has 0 aromatic heterocycles. The van der Waals surface area contributed by atoms with Crippen molar-refractivity contribution in [2.24, 2.45) is 11.8 Å². The highest BCUT2D eigenvalue weighted by atomic mass is 16.2. The fourth-order valence-electron chi connectivity index (χ4n) is 3.81. The number of carbonyl (C=O) groups is 3. The van der Waals surface area contributed by atoms with Crippen LogP contribution in [-0.4, -0.2) is 48.3 Å². The van der Waals surface area contributed by atoms with E-state index >= 15 is 0 Å². The Bertz CT molecular complexity index is 681. The van der Waals surface area contributed by atoms with Gasteiger partial charge in [0, 0.05) is 44.2 Å². The number of para-hydroxylation sites is 1. The summed E-state index contributed by atoms with van der Waals surface area (Å²) in [6, 6.07) is 9.56. The predicted molar refractivity (Wildman–Crippen MR) is 104 cm³/mol. The topological polar surface area (TPSA) is 69.7 Å². The van der Waals surface area contributed by atoms with Crippen LogP contribution < -0.4 is 10.2 Å². The maximum atomic E-state index is 12.6. The lowest BCUT2D eigenvalue weighted by atomic mass is 10.0. The van der Waals surface area contributed by atoms with E-state index in [1.807, 2.05) is 49.1 Å². The van der Waals surface area contributed by atoms with Crippen LogP contribution in [0, 0.1) is 11.8 Å². The summed E-state index contributed by atoms with van der Waals surface area (Å²) in [4.78, 5) is 40.7. The Morgan fingerprint density at radius 3 is 2.44 bits per heavy atom. The Labute approximate surface area is 160 Å². The van der Waals surface area contributed by atoms with Crippen LogP contribution >= 0.6 is 0 Å². The molecule has 0 saturated carbocycles. The van der Waals surface area contributed by atoms with E-state index in [9.17, 15) is 14.4 Å². The zero-order valence-corrected chi connectivity index (χ0v) is 16.2. The summed E-state index contributed by atoms with van der Waals surface area (Å²) in [6.07, 6.45) is 2.39. The number of hydrogen-bond donors (Lipinski definition) is 1. The first-order valence-electron chi connectivity index (χ1n) is 9.87. The second-order valence-electron chi connectivity index (χ2n) is 8.00. The van der Waals surface area contributed by atoms with Crippen molar-refractivity contribution in [2.75, 3.05) is 24.5 Å². The van der Waals surface area contributed by atoms with Crippen LogP contribution in [-0.2, 0) is 14.4 Å². The number of nitrogens with one attached hydrogen (secondary N) is 1. The van der Waals surface area contributed by atoms with Crippen LogP contribution in [0.1, 0.15) is 39.5 Å². The lowest BCUT2D eigenvalue weighted by Crippen LogP contribution is -2.48. The lowest BCUT2D eigenvalue weighted by molar-refractivity contribution is -0.133. The minimum Gasteiger partial charge on any atom is -0.353 e. The first kappa shape index (κ1) is 19.4. The molecule has 1 aromatic rings. The number of carbonyl (C=O) groups excluding carboxylic acids is 3. The molecule has 2 fully saturated rings. The molecule has 1 aromatic carbocycles. The van der Waals surface area contributed by atoms with E-state index in [-0.39, 0.29) is 36.1 Å². The van der Waals surface area contributed by atoms with Gasteiger partial charge in [-0.2, -0.15) is 0 Å². The number of piperidine rings is 1. The molecule has 146 valence electrons. The molecule has 2 saturated heterocycles. The van der Waals surface area contributed by atoms with Crippen LogP contribution in [0.3, 0.4) is 0 Å². The molecule has 3 rings (SSSR count). The molecule has 0 bridgehead atoms. The Morgan fingerprint density at radius 2 is 1.81 bits per heavy atom. The first-order chi connectivity index (χ1) is 12.9. The molecule has 2 heterocycles. The molecule has 0 spiro atoms. The third-order valence-corrected chi connectivity index (χ3v) is 5.34. The third-order valence-electron chi connectivity index (χ3n) is 5.34. The zero-order valence-electron chi connectivity index (χ0n) is 16.2. The summed E-state index contributed by atoms with van der Waals surface area (Å²) in [5, 5.41) is 3.10. The number of likely N-dealkylation sites (tertiary alicyclic amines) is 1. The molecule has 0 radical (unpaired) electrons. The third kappa shape index (κ3) is 4.87. The molecular formula is C21H29N3O3. The maximum absolute atomic E-state index is 12.6. The predicted octanol–water partition coefficient (Wildman–Crippen LogP) is 2.19. The van der Waals surface area contributed by atoms with E-state index < -0.39 is 0 Å². The normalized spacial score (nSPS) is 21.0. The Balaban J connectivity index is 1.48. The van der Waals surface area contributed by atoms with Crippen molar-refractivity contribution >= 4 is 23.4 Å².